The second-order valence-corrected chi connectivity index (χ2v) is 16.1. The van der Waals surface area contributed by atoms with Crippen molar-refractivity contribution in [2.45, 2.75) is 0 Å². The number of aromatic nitrogens is 2. The summed E-state index contributed by atoms with van der Waals surface area (Å²) < 4.78 is 13.2. The smallest absolute Gasteiger partial charge is 0.144 e. The van der Waals surface area contributed by atoms with E-state index in [1.54, 1.807) is 0 Å². The molecule has 0 spiro atoms. The van der Waals surface area contributed by atoms with Gasteiger partial charge in [-0.25, -0.2) is 4.98 Å². The van der Waals surface area contributed by atoms with Crippen LogP contribution in [0.2, 0.25) is 0 Å². The lowest BCUT2D eigenvalue weighted by Gasteiger charge is -2.12. The van der Waals surface area contributed by atoms with E-state index in [4.69, 9.17) is 18.8 Å². The molecule has 13 aromatic rings. The van der Waals surface area contributed by atoms with Crippen LogP contribution >= 0.6 is 0 Å². The van der Waals surface area contributed by atoms with Gasteiger partial charge in [-0.3, -0.25) is 4.98 Å². The summed E-state index contributed by atoms with van der Waals surface area (Å²) >= 11 is 0. The van der Waals surface area contributed by atoms with Crippen molar-refractivity contribution in [2.24, 2.45) is 0 Å². The zero-order chi connectivity index (χ0) is 40.7. The Labute approximate surface area is 356 Å². The van der Waals surface area contributed by atoms with Crippen LogP contribution in [0, 0.1) is 0 Å². The van der Waals surface area contributed by atoms with E-state index in [-0.39, 0.29) is 0 Å². The molecule has 4 heteroatoms. The van der Waals surface area contributed by atoms with Gasteiger partial charge in [0, 0.05) is 43.4 Å². The quantitative estimate of drug-likeness (QED) is 0.163. The second kappa shape index (κ2) is 13.6. The molecule has 0 atom stereocenters. The Bertz CT molecular complexity index is 3910. The number of hydrogen-bond donors (Lipinski definition) is 0. The predicted octanol–water partition coefficient (Wildman–Crippen LogP) is 16.1. The molecule has 288 valence electrons. The molecule has 0 bridgehead atoms. The van der Waals surface area contributed by atoms with Crippen LogP contribution < -0.4 is 0 Å². The minimum absolute atomic E-state index is 0.851. The normalized spacial score (nSPS) is 11.9. The van der Waals surface area contributed by atoms with Crippen LogP contribution in [0.25, 0.3) is 132 Å². The molecule has 4 nitrogen and oxygen atoms in total. The van der Waals surface area contributed by atoms with Crippen LogP contribution in [0.1, 0.15) is 0 Å². The largest absolute Gasteiger partial charge is 0.456 e. The average molecular weight is 791 g/mol. The molecule has 0 amide bonds. The summed E-state index contributed by atoms with van der Waals surface area (Å²) in [4.78, 5) is 10.3. The van der Waals surface area contributed by atoms with Crippen molar-refractivity contribution in [3.8, 4) is 55.8 Å². The van der Waals surface area contributed by atoms with Gasteiger partial charge in [-0.05, 0) is 92.2 Å². The summed E-state index contributed by atoms with van der Waals surface area (Å²) in [6.07, 6.45) is 1.91. The minimum Gasteiger partial charge on any atom is -0.456 e. The zero-order valence-electron chi connectivity index (χ0n) is 33.3. The highest BCUT2D eigenvalue weighted by Gasteiger charge is 2.21. The van der Waals surface area contributed by atoms with E-state index in [0.717, 1.165) is 121 Å². The molecule has 0 radical (unpaired) electrons. The molecule has 0 N–H and O–H groups in total. The Balaban J connectivity index is 0.878. The molecule has 0 saturated heterocycles. The first-order valence-corrected chi connectivity index (χ1v) is 21.0. The van der Waals surface area contributed by atoms with E-state index < -0.39 is 0 Å². The van der Waals surface area contributed by atoms with E-state index >= 15 is 0 Å². The molecule has 62 heavy (non-hydrogen) atoms. The van der Waals surface area contributed by atoms with E-state index in [0.29, 0.717) is 0 Å². The van der Waals surface area contributed by atoms with Crippen LogP contribution in [-0.2, 0) is 0 Å². The minimum atomic E-state index is 0.851. The molecule has 0 aliphatic heterocycles. The lowest BCUT2D eigenvalue weighted by atomic mass is 9.92. The van der Waals surface area contributed by atoms with Crippen molar-refractivity contribution in [2.75, 3.05) is 0 Å². The average Bonchev–Trinajstić information content (AvgIpc) is 3.91. The summed E-state index contributed by atoms with van der Waals surface area (Å²) in [5.41, 5.74) is 16.1. The summed E-state index contributed by atoms with van der Waals surface area (Å²) in [5.74, 6) is 0. The van der Waals surface area contributed by atoms with Gasteiger partial charge in [-0.2, -0.15) is 0 Å². The molecule has 0 saturated carbocycles. The predicted molar refractivity (Wildman–Crippen MR) is 256 cm³/mol. The van der Waals surface area contributed by atoms with Gasteiger partial charge < -0.3 is 8.83 Å². The van der Waals surface area contributed by atoms with Crippen molar-refractivity contribution < 1.29 is 8.83 Å². The van der Waals surface area contributed by atoms with Crippen LogP contribution in [0.4, 0.5) is 0 Å². The van der Waals surface area contributed by atoms with Gasteiger partial charge in [0.05, 0.1) is 22.9 Å². The van der Waals surface area contributed by atoms with Gasteiger partial charge in [0.1, 0.15) is 22.3 Å². The van der Waals surface area contributed by atoms with Crippen LogP contribution in [0.15, 0.2) is 215 Å². The van der Waals surface area contributed by atoms with Crippen molar-refractivity contribution in [3.05, 3.63) is 206 Å². The van der Waals surface area contributed by atoms with Gasteiger partial charge in [0.15, 0.2) is 0 Å². The standard InChI is InChI=1S/C58H34N2O2/c1-3-24-46-43(21-1)44-22-2-4-25-47(44)57-56(46)59-34-50(60-57)41-19-11-17-39(31-41)37-15-9-13-35(29-37)36-14-10-16-38(30-36)40-18-12-20-42(32-40)54-55-48-26-6-8-28-52(48)61-53(55)33-49-45-23-5-7-27-51(45)62-58(49)54/h1-34H. The Morgan fingerprint density at radius 3 is 1.37 bits per heavy atom. The maximum atomic E-state index is 6.67. The maximum absolute atomic E-state index is 6.67. The molecule has 13 rings (SSSR count). The topological polar surface area (TPSA) is 52.1 Å². The summed E-state index contributed by atoms with van der Waals surface area (Å²) in [7, 11) is 0. The highest BCUT2D eigenvalue weighted by atomic mass is 16.3. The van der Waals surface area contributed by atoms with E-state index in [1.807, 2.05) is 30.5 Å². The summed E-state index contributed by atoms with van der Waals surface area (Å²) in [6, 6.07) is 70.7. The third kappa shape index (κ3) is 5.40. The first kappa shape index (κ1) is 34.5. The summed E-state index contributed by atoms with van der Waals surface area (Å²) in [6.45, 7) is 0. The van der Waals surface area contributed by atoms with E-state index in [9.17, 15) is 0 Å². The highest BCUT2D eigenvalue weighted by Crippen LogP contribution is 2.46. The fourth-order valence-corrected chi connectivity index (χ4v) is 9.57. The fraction of sp³-hybridized carbons (Fsp3) is 0. The van der Waals surface area contributed by atoms with Crippen LogP contribution in [0.3, 0.4) is 0 Å². The number of para-hydroxylation sites is 2. The SMILES string of the molecule is c1cc(-c2cccc(-c3cccc(-c4c5oc6ccccc6c5cc5oc6ccccc6c45)c3)c2)cc(-c2cccc(-c3cnc4c5ccccc5c5ccccc5c4n3)c2)c1. The highest BCUT2D eigenvalue weighted by molar-refractivity contribution is 6.24. The molecule has 3 aromatic heterocycles. The molecule has 0 fully saturated rings. The first-order chi connectivity index (χ1) is 30.7. The van der Waals surface area contributed by atoms with Crippen molar-refractivity contribution >= 4 is 76.5 Å². The lowest BCUT2D eigenvalue weighted by molar-refractivity contribution is 0.664. The van der Waals surface area contributed by atoms with Gasteiger partial charge in [-0.15, -0.1) is 0 Å². The van der Waals surface area contributed by atoms with E-state index in [1.165, 1.54) is 10.8 Å². The number of rotatable bonds is 5. The molecule has 3 heterocycles. The van der Waals surface area contributed by atoms with Gasteiger partial charge >= 0.3 is 0 Å². The molecule has 0 aliphatic rings. The Morgan fingerprint density at radius 1 is 0.306 bits per heavy atom. The van der Waals surface area contributed by atoms with Crippen LogP contribution in [0.5, 0.6) is 0 Å². The Morgan fingerprint density at radius 2 is 0.758 bits per heavy atom. The van der Waals surface area contributed by atoms with Gasteiger partial charge in [0.25, 0.3) is 0 Å². The maximum Gasteiger partial charge on any atom is 0.144 e. The lowest BCUT2D eigenvalue weighted by Crippen LogP contribution is -1.92. The fourth-order valence-electron chi connectivity index (χ4n) is 9.57. The number of furan rings is 2. The number of benzene rings is 10. The van der Waals surface area contributed by atoms with Gasteiger partial charge in [0.2, 0.25) is 0 Å². The summed E-state index contributed by atoms with van der Waals surface area (Å²) in [5, 5.41) is 8.88. The molecular weight excluding hydrogens is 757 g/mol. The van der Waals surface area contributed by atoms with Crippen molar-refractivity contribution in [1.29, 1.82) is 0 Å². The molecule has 0 aliphatic carbocycles. The first-order valence-electron chi connectivity index (χ1n) is 21.0. The third-order valence-electron chi connectivity index (χ3n) is 12.5. The number of fused-ring (bicyclic) bond motifs is 12. The monoisotopic (exact) mass is 790 g/mol. The second-order valence-electron chi connectivity index (χ2n) is 16.1. The third-order valence-corrected chi connectivity index (χ3v) is 12.5. The zero-order valence-corrected chi connectivity index (χ0v) is 33.3. The van der Waals surface area contributed by atoms with Crippen LogP contribution in [-0.4, -0.2) is 9.97 Å². The number of hydrogen-bond acceptors (Lipinski definition) is 4. The Kier molecular flexibility index (Phi) is 7.57. The molecular formula is C58H34N2O2. The molecule has 10 aromatic carbocycles. The number of nitrogens with zero attached hydrogens (tertiary/aromatic N) is 2. The van der Waals surface area contributed by atoms with Crippen molar-refractivity contribution in [3.63, 3.8) is 0 Å². The molecule has 0 unspecified atom stereocenters. The Hall–Kier alpha value is -8.34. The van der Waals surface area contributed by atoms with Gasteiger partial charge in [-0.1, -0.05) is 158 Å². The van der Waals surface area contributed by atoms with E-state index in [2.05, 4.69) is 176 Å². The van der Waals surface area contributed by atoms with Crippen molar-refractivity contribution in [1.82, 2.24) is 9.97 Å².